The average Bonchev–Trinajstić information content (AvgIpc) is 2.97. The summed E-state index contributed by atoms with van der Waals surface area (Å²) in [5, 5.41) is 2.94. The minimum atomic E-state index is -0.00595. The number of nitrogens with zero attached hydrogens (tertiary/aromatic N) is 1. The first kappa shape index (κ1) is 15.0. The van der Waals surface area contributed by atoms with Gasteiger partial charge in [0.15, 0.2) is 0 Å². The number of carbonyl (C=O) groups excluding carboxylic acids is 1. The van der Waals surface area contributed by atoms with E-state index in [-0.39, 0.29) is 5.91 Å². The summed E-state index contributed by atoms with van der Waals surface area (Å²) in [6.07, 6.45) is 2.58. The van der Waals surface area contributed by atoms with Crippen molar-refractivity contribution in [3.05, 3.63) is 35.4 Å². The molecule has 0 spiro atoms. The van der Waals surface area contributed by atoms with Crippen molar-refractivity contribution in [1.29, 1.82) is 0 Å². The monoisotopic (exact) mass is 275 g/mol. The molecular weight excluding hydrogens is 250 g/mol. The lowest BCUT2D eigenvalue weighted by atomic mass is 10.1. The molecule has 1 aromatic rings. The summed E-state index contributed by atoms with van der Waals surface area (Å²) in [6.45, 7) is 6.54. The SMILES string of the molecule is CC(CN)CNC(=O)c1cccc(CN2CCCC2)c1. The number of hydrogen-bond acceptors (Lipinski definition) is 3. The Hall–Kier alpha value is -1.39. The van der Waals surface area contributed by atoms with Gasteiger partial charge < -0.3 is 11.1 Å². The van der Waals surface area contributed by atoms with Crippen LogP contribution in [-0.4, -0.2) is 37.0 Å². The van der Waals surface area contributed by atoms with Crippen LogP contribution in [0.2, 0.25) is 0 Å². The highest BCUT2D eigenvalue weighted by molar-refractivity contribution is 5.94. The van der Waals surface area contributed by atoms with E-state index in [0.717, 1.165) is 12.1 Å². The molecule has 1 amide bonds. The molecule has 1 atom stereocenters. The summed E-state index contributed by atoms with van der Waals surface area (Å²) in [5.74, 6) is 0.306. The Labute approximate surface area is 121 Å². The normalized spacial score (nSPS) is 17.1. The summed E-state index contributed by atoms with van der Waals surface area (Å²) in [5.41, 5.74) is 7.51. The van der Waals surface area contributed by atoms with Gasteiger partial charge in [0.25, 0.3) is 5.91 Å². The van der Waals surface area contributed by atoms with Crippen molar-refractivity contribution >= 4 is 5.91 Å². The third-order valence-electron chi connectivity index (χ3n) is 3.81. The summed E-state index contributed by atoms with van der Waals surface area (Å²) < 4.78 is 0. The topological polar surface area (TPSA) is 58.4 Å². The molecule has 1 aromatic carbocycles. The van der Waals surface area contributed by atoms with Crippen molar-refractivity contribution < 1.29 is 4.79 Å². The van der Waals surface area contributed by atoms with Gasteiger partial charge in [0.2, 0.25) is 0 Å². The number of nitrogens with one attached hydrogen (secondary N) is 1. The van der Waals surface area contributed by atoms with E-state index in [1.165, 1.54) is 31.5 Å². The molecule has 0 radical (unpaired) electrons. The molecule has 20 heavy (non-hydrogen) atoms. The molecule has 2 rings (SSSR count). The van der Waals surface area contributed by atoms with Crippen LogP contribution < -0.4 is 11.1 Å². The smallest absolute Gasteiger partial charge is 0.251 e. The van der Waals surface area contributed by atoms with E-state index in [9.17, 15) is 4.79 Å². The maximum atomic E-state index is 12.1. The Morgan fingerprint density at radius 2 is 2.15 bits per heavy atom. The lowest BCUT2D eigenvalue weighted by Gasteiger charge is -2.15. The Morgan fingerprint density at radius 3 is 2.85 bits per heavy atom. The number of nitrogens with two attached hydrogens (primary N) is 1. The zero-order chi connectivity index (χ0) is 14.4. The fourth-order valence-corrected chi connectivity index (χ4v) is 2.46. The fourth-order valence-electron chi connectivity index (χ4n) is 2.46. The van der Waals surface area contributed by atoms with E-state index in [0.29, 0.717) is 19.0 Å². The predicted octanol–water partition coefficient (Wildman–Crippen LogP) is 1.61. The van der Waals surface area contributed by atoms with Crippen LogP contribution in [-0.2, 0) is 6.54 Å². The standard InChI is InChI=1S/C16H25N3O/c1-13(10-17)11-18-16(20)15-6-4-5-14(9-15)12-19-7-2-3-8-19/h4-6,9,13H,2-3,7-8,10-12,17H2,1H3,(H,18,20). The second kappa shape index (κ2) is 7.41. The molecule has 1 aliphatic heterocycles. The van der Waals surface area contributed by atoms with Gasteiger partial charge in [0.1, 0.15) is 0 Å². The highest BCUT2D eigenvalue weighted by Gasteiger charge is 2.13. The van der Waals surface area contributed by atoms with E-state index in [4.69, 9.17) is 5.73 Å². The van der Waals surface area contributed by atoms with Crippen molar-refractivity contribution in [2.75, 3.05) is 26.2 Å². The number of carbonyl (C=O) groups is 1. The van der Waals surface area contributed by atoms with Gasteiger partial charge in [0, 0.05) is 18.7 Å². The largest absolute Gasteiger partial charge is 0.352 e. The molecule has 1 fully saturated rings. The van der Waals surface area contributed by atoms with Gasteiger partial charge in [-0.3, -0.25) is 9.69 Å². The van der Waals surface area contributed by atoms with Crippen LogP contribution in [0.4, 0.5) is 0 Å². The van der Waals surface area contributed by atoms with E-state index < -0.39 is 0 Å². The summed E-state index contributed by atoms with van der Waals surface area (Å²) >= 11 is 0. The number of likely N-dealkylation sites (tertiary alicyclic amines) is 1. The minimum Gasteiger partial charge on any atom is -0.352 e. The van der Waals surface area contributed by atoms with Gasteiger partial charge >= 0.3 is 0 Å². The summed E-state index contributed by atoms with van der Waals surface area (Å²) in [7, 11) is 0. The molecule has 0 bridgehead atoms. The first-order valence-electron chi connectivity index (χ1n) is 7.48. The van der Waals surface area contributed by atoms with Gasteiger partial charge in [-0.2, -0.15) is 0 Å². The molecule has 110 valence electrons. The average molecular weight is 275 g/mol. The van der Waals surface area contributed by atoms with Crippen LogP contribution >= 0.6 is 0 Å². The van der Waals surface area contributed by atoms with Gasteiger partial charge in [-0.25, -0.2) is 0 Å². The van der Waals surface area contributed by atoms with Gasteiger partial charge in [-0.15, -0.1) is 0 Å². The van der Waals surface area contributed by atoms with E-state index in [2.05, 4.69) is 16.3 Å². The lowest BCUT2D eigenvalue weighted by Crippen LogP contribution is -2.31. The van der Waals surface area contributed by atoms with E-state index in [1.807, 2.05) is 25.1 Å². The van der Waals surface area contributed by atoms with Crippen molar-refractivity contribution in [3.8, 4) is 0 Å². The third-order valence-corrected chi connectivity index (χ3v) is 3.81. The molecular formula is C16H25N3O. The second-order valence-electron chi connectivity index (χ2n) is 5.73. The summed E-state index contributed by atoms with van der Waals surface area (Å²) in [6, 6.07) is 7.93. The first-order valence-corrected chi connectivity index (χ1v) is 7.48. The van der Waals surface area contributed by atoms with Gasteiger partial charge in [-0.1, -0.05) is 19.1 Å². The molecule has 0 saturated carbocycles. The zero-order valence-electron chi connectivity index (χ0n) is 12.3. The number of hydrogen-bond donors (Lipinski definition) is 2. The quantitative estimate of drug-likeness (QED) is 0.829. The van der Waals surface area contributed by atoms with Crippen LogP contribution in [0.1, 0.15) is 35.7 Å². The maximum Gasteiger partial charge on any atom is 0.251 e. The van der Waals surface area contributed by atoms with Crippen LogP contribution in [0.3, 0.4) is 0 Å². The molecule has 1 unspecified atom stereocenters. The molecule has 0 aliphatic carbocycles. The highest BCUT2D eigenvalue weighted by Crippen LogP contribution is 2.13. The molecule has 4 heteroatoms. The van der Waals surface area contributed by atoms with Crippen molar-refractivity contribution in [2.24, 2.45) is 11.7 Å². The van der Waals surface area contributed by atoms with Gasteiger partial charge in [0.05, 0.1) is 0 Å². The third kappa shape index (κ3) is 4.32. The van der Waals surface area contributed by atoms with Crippen LogP contribution in [0.15, 0.2) is 24.3 Å². The van der Waals surface area contributed by atoms with Gasteiger partial charge in [-0.05, 0) is 56.1 Å². The van der Waals surface area contributed by atoms with Crippen LogP contribution in [0.25, 0.3) is 0 Å². The minimum absolute atomic E-state index is 0.00595. The Bertz CT molecular complexity index is 441. The zero-order valence-corrected chi connectivity index (χ0v) is 12.3. The van der Waals surface area contributed by atoms with Crippen molar-refractivity contribution in [3.63, 3.8) is 0 Å². The van der Waals surface area contributed by atoms with Crippen LogP contribution in [0.5, 0.6) is 0 Å². The van der Waals surface area contributed by atoms with Crippen molar-refractivity contribution in [1.82, 2.24) is 10.2 Å². The number of benzene rings is 1. The fraction of sp³-hybridized carbons (Fsp3) is 0.562. The number of amides is 1. The summed E-state index contributed by atoms with van der Waals surface area (Å²) in [4.78, 5) is 14.5. The van der Waals surface area contributed by atoms with Crippen molar-refractivity contribution in [2.45, 2.75) is 26.3 Å². The van der Waals surface area contributed by atoms with Crippen LogP contribution in [0, 0.1) is 5.92 Å². The predicted molar refractivity (Wildman–Crippen MR) is 81.5 cm³/mol. The lowest BCUT2D eigenvalue weighted by molar-refractivity contribution is 0.0948. The molecule has 1 heterocycles. The second-order valence-corrected chi connectivity index (χ2v) is 5.73. The molecule has 1 aliphatic rings. The first-order chi connectivity index (χ1) is 9.69. The Morgan fingerprint density at radius 1 is 1.40 bits per heavy atom. The molecule has 3 N–H and O–H groups in total. The maximum absolute atomic E-state index is 12.1. The number of rotatable bonds is 6. The van der Waals surface area contributed by atoms with E-state index in [1.54, 1.807) is 0 Å². The molecule has 0 aromatic heterocycles. The Kier molecular flexibility index (Phi) is 5.56. The molecule has 4 nitrogen and oxygen atoms in total. The van der Waals surface area contributed by atoms with E-state index >= 15 is 0 Å². The highest BCUT2D eigenvalue weighted by atomic mass is 16.1. The Balaban J connectivity index is 1.92. The molecule has 1 saturated heterocycles.